The van der Waals surface area contributed by atoms with Crippen LogP contribution in [-0.2, 0) is 80.6 Å². The largest absolute Gasteiger partial charge is 0.467 e. The van der Waals surface area contributed by atoms with Crippen molar-refractivity contribution in [1.29, 1.82) is 0 Å². The first-order chi connectivity index (χ1) is 22.3. The average molecular weight is 673 g/mol. The van der Waals surface area contributed by atoms with Crippen LogP contribution in [0.1, 0.15) is 0 Å². The Labute approximate surface area is 270 Å². The lowest BCUT2D eigenvalue weighted by Crippen LogP contribution is -2.64. The van der Waals surface area contributed by atoms with Crippen molar-refractivity contribution in [1.82, 2.24) is 0 Å². The Morgan fingerprint density at radius 2 is 0.761 bits per heavy atom. The maximum Gasteiger partial charge on any atom is 0.337 e. The average Bonchev–Trinajstić information content (AvgIpc) is 3.09. The van der Waals surface area contributed by atoms with Gasteiger partial charge in [-0.2, -0.15) is 0 Å². The molecule has 0 spiro atoms. The molecule has 15 atom stereocenters. The van der Waals surface area contributed by atoms with E-state index in [9.17, 15) is 4.79 Å². The maximum atomic E-state index is 12.6. The summed E-state index contributed by atoms with van der Waals surface area (Å²) < 4.78 is 92.7. The summed E-state index contributed by atoms with van der Waals surface area (Å²) in [6.07, 6.45) is -11.2. The van der Waals surface area contributed by atoms with Gasteiger partial charge in [0.15, 0.2) is 25.0 Å². The van der Waals surface area contributed by atoms with E-state index in [-0.39, 0.29) is 13.2 Å². The van der Waals surface area contributed by atoms with E-state index in [0.29, 0.717) is 0 Å². The summed E-state index contributed by atoms with van der Waals surface area (Å²) in [5.74, 6) is -0.654. The second-order valence-corrected chi connectivity index (χ2v) is 10.7. The number of hydrogen-bond donors (Lipinski definition) is 0. The molecule has 0 aliphatic carbocycles. The van der Waals surface area contributed by atoms with Crippen LogP contribution in [0.25, 0.3) is 0 Å². The molecule has 3 fully saturated rings. The Balaban J connectivity index is 1.80. The summed E-state index contributed by atoms with van der Waals surface area (Å²) in [5.41, 5.74) is 0. The predicted octanol–water partition coefficient (Wildman–Crippen LogP) is -0.851. The summed E-state index contributed by atoms with van der Waals surface area (Å²) in [4.78, 5) is 12.6. The second kappa shape index (κ2) is 19.2. The first-order valence-corrected chi connectivity index (χ1v) is 14.8. The van der Waals surface area contributed by atoms with Crippen LogP contribution in [0.4, 0.5) is 0 Å². The summed E-state index contributed by atoms with van der Waals surface area (Å²) in [7, 11) is 16.4. The van der Waals surface area contributed by atoms with Crippen LogP contribution >= 0.6 is 0 Å². The van der Waals surface area contributed by atoms with Gasteiger partial charge in [-0.1, -0.05) is 0 Å². The highest BCUT2D eigenvalue weighted by molar-refractivity contribution is 5.75. The van der Waals surface area contributed by atoms with Crippen LogP contribution in [0.15, 0.2) is 0 Å². The summed E-state index contributed by atoms with van der Waals surface area (Å²) in [5, 5.41) is 0. The minimum Gasteiger partial charge on any atom is -0.467 e. The third-order valence-corrected chi connectivity index (χ3v) is 8.64. The van der Waals surface area contributed by atoms with Crippen molar-refractivity contribution in [3.63, 3.8) is 0 Å². The molecular formula is C29H52O17. The quantitative estimate of drug-likeness (QED) is 0.175. The van der Waals surface area contributed by atoms with Crippen molar-refractivity contribution >= 4 is 5.97 Å². The van der Waals surface area contributed by atoms with Crippen molar-refractivity contribution in [3.05, 3.63) is 0 Å². The highest BCUT2D eigenvalue weighted by Crippen LogP contribution is 2.33. The highest BCUT2D eigenvalue weighted by atomic mass is 16.8. The Morgan fingerprint density at radius 1 is 0.413 bits per heavy atom. The van der Waals surface area contributed by atoms with Crippen LogP contribution in [0.5, 0.6) is 0 Å². The van der Waals surface area contributed by atoms with Crippen LogP contribution in [0.2, 0.25) is 0 Å². The van der Waals surface area contributed by atoms with Gasteiger partial charge in [-0.3, -0.25) is 0 Å². The highest BCUT2D eigenvalue weighted by Gasteiger charge is 2.53. The molecule has 0 radical (unpaired) electrons. The predicted molar refractivity (Wildman–Crippen MR) is 154 cm³/mol. The fourth-order valence-electron chi connectivity index (χ4n) is 6.36. The van der Waals surface area contributed by atoms with Crippen molar-refractivity contribution < 1.29 is 80.6 Å². The molecule has 0 aromatic heterocycles. The van der Waals surface area contributed by atoms with Gasteiger partial charge >= 0.3 is 5.97 Å². The van der Waals surface area contributed by atoms with E-state index in [1.54, 1.807) is 21.3 Å². The molecule has 0 aromatic carbocycles. The van der Waals surface area contributed by atoms with E-state index in [1.807, 2.05) is 0 Å². The van der Waals surface area contributed by atoms with Gasteiger partial charge in [0.05, 0.1) is 20.3 Å². The number of esters is 1. The molecule has 17 nitrogen and oxygen atoms in total. The Morgan fingerprint density at radius 3 is 1.13 bits per heavy atom. The lowest BCUT2D eigenvalue weighted by molar-refractivity contribution is -0.348. The van der Waals surface area contributed by atoms with Crippen molar-refractivity contribution in [3.8, 4) is 0 Å². The topological polar surface area (TPSA) is 165 Å². The molecule has 46 heavy (non-hydrogen) atoms. The van der Waals surface area contributed by atoms with Gasteiger partial charge in [0.25, 0.3) is 0 Å². The standard InChI is InChI=1S/C29H52O17/c1-31-16-14(44-27(41-11)23(37-7)18(16)33-3)12-42-28-24(38-8)19(34-4)17(32-2)15(45-28)13-43-29-25(39-9)21(36-6)20(35-5)22(46-29)26(30)40-10/h14-25,27-29H,12-13H2,1-11H3/t14?,15?,16?,17?,18?,19?,20-,21+,22-,23?,24?,25+,27?,28?,29-/m1/s1. The van der Waals surface area contributed by atoms with Gasteiger partial charge in [-0.25, -0.2) is 4.79 Å². The van der Waals surface area contributed by atoms with Crippen LogP contribution in [0, 0.1) is 0 Å². The second-order valence-electron chi connectivity index (χ2n) is 10.7. The van der Waals surface area contributed by atoms with E-state index in [2.05, 4.69) is 0 Å². The van der Waals surface area contributed by atoms with Gasteiger partial charge in [0.2, 0.25) is 0 Å². The summed E-state index contributed by atoms with van der Waals surface area (Å²) in [6.45, 7) is -0.0815. The van der Waals surface area contributed by atoms with Gasteiger partial charge in [0.1, 0.15) is 67.1 Å². The molecule has 0 saturated carbocycles. The first-order valence-electron chi connectivity index (χ1n) is 14.8. The van der Waals surface area contributed by atoms with Crippen molar-refractivity contribution in [2.45, 2.75) is 92.1 Å². The molecule has 270 valence electrons. The number of carbonyl (C=O) groups excluding carboxylic acids is 1. The zero-order valence-corrected chi connectivity index (χ0v) is 28.5. The molecule has 3 heterocycles. The molecule has 3 rings (SSSR count). The smallest absolute Gasteiger partial charge is 0.337 e. The van der Waals surface area contributed by atoms with Crippen LogP contribution in [-0.4, -0.2) is 190 Å². The van der Waals surface area contributed by atoms with Crippen LogP contribution < -0.4 is 0 Å². The normalized spacial score (nSPS) is 41.8. The zero-order valence-electron chi connectivity index (χ0n) is 28.5. The van der Waals surface area contributed by atoms with Gasteiger partial charge in [-0.15, -0.1) is 0 Å². The minimum atomic E-state index is -1.14. The summed E-state index contributed by atoms with van der Waals surface area (Å²) >= 11 is 0. The third kappa shape index (κ3) is 8.35. The SMILES string of the molecule is COC(=O)[C@@H]1O[C@@H](OCC2OC(OCC3OC(OC)C(OC)C(OC)C3OC)C(OC)C(OC)C2OC)[C@@H](OC)[C@@H](OC)[C@H]1OC. The van der Waals surface area contributed by atoms with Gasteiger partial charge < -0.3 is 75.8 Å². The Hall–Kier alpha value is -1.13. The number of hydrogen-bond acceptors (Lipinski definition) is 17. The van der Waals surface area contributed by atoms with Gasteiger partial charge in [0, 0.05) is 71.1 Å². The van der Waals surface area contributed by atoms with E-state index in [4.69, 9.17) is 75.8 Å². The van der Waals surface area contributed by atoms with E-state index >= 15 is 0 Å². The molecular weight excluding hydrogens is 620 g/mol. The molecule has 3 aliphatic rings. The lowest BCUT2D eigenvalue weighted by Gasteiger charge is -2.47. The van der Waals surface area contributed by atoms with E-state index < -0.39 is 98.1 Å². The molecule has 0 amide bonds. The fraction of sp³-hybridized carbons (Fsp3) is 0.966. The molecule has 0 bridgehead atoms. The lowest BCUT2D eigenvalue weighted by atomic mass is 9.97. The Kier molecular flexibility index (Phi) is 16.4. The van der Waals surface area contributed by atoms with Gasteiger partial charge in [-0.05, 0) is 0 Å². The number of carbonyl (C=O) groups is 1. The molecule has 3 aliphatic heterocycles. The molecule has 17 heteroatoms. The Bertz CT molecular complexity index is 883. The van der Waals surface area contributed by atoms with E-state index in [1.165, 1.54) is 56.9 Å². The molecule has 3 saturated heterocycles. The third-order valence-electron chi connectivity index (χ3n) is 8.64. The van der Waals surface area contributed by atoms with E-state index in [0.717, 1.165) is 0 Å². The van der Waals surface area contributed by atoms with Crippen molar-refractivity contribution in [2.24, 2.45) is 0 Å². The number of methoxy groups -OCH3 is 11. The first kappa shape index (κ1) is 39.3. The molecule has 0 N–H and O–H groups in total. The van der Waals surface area contributed by atoms with Crippen LogP contribution in [0.3, 0.4) is 0 Å². The summed E-state index contributed by atoms with van der Waals surface area (Å²) in [6, 6.07) is 0. The monoisotopic (exact) mass is 672 g/mol. The number of ether oxygens (including phenoxy) is 16. The minimum absolute atomic E-state index is 0.00701. The number of rotatable bonds is 17. The molecule has 0 aromatic rings. The van der Waals surface area contributed by atoms with Crippen molar-refractivity contribution in [2.75, 3.05) is 91.4 Å². The maximum absolute atomic E-state index is 12.6. The zero-order chi connectivity index (χ0) is 34.0. The fourth-order valence-corrected chi connectivity index (χ4v) is 6.36. The molecule has 10 unspecified atom stereocenters.